The third kappa shape index (κ3) is 4.08. The summed E-state index contributed by atoms with van der Waals surface area (Å²) in [5.74, 6) is 0. The highest BCUT2D eigenvalue weighted by atomic mass is 15.0. The molecule has 0 saturated heterocycles. The van der Waals surface area contributed by atoms with E-state index in [1.54, 1.807) is 0 Å². The Morgan fingerprint density at radius 3 is 1.53 bits per heavy atom. The molecule has 0 saturated carbocycles. The quantitative estimate of drug-likeness (QED) is 0.169. The molecule has 2 aliphatic rings. The number of fused-ring (bicyclic) bond motifs is 15. The van der Waals surface area contributed by atoms with Crippen molar-refractivity contribution in [3.05, 3.63) is 240 Å². The first-order chi connectivity index (χ1) is 29.6. The van der Waals surface area contributed by atoms with E-state index in [4.69, 9.17) is 0 Å². The Bertz CT molecular complexity index is 3510. The number of nitrogens with zero attached hydrogens (tertiary/aromatic N) is 2. The van der Waals surface area contributed by atoms with Crippen molar-refractivity contribution in [2.75, 3.05) is 0 Å². The van der Waals surface area contributed by atoms with Gasteiger partial charge in [0, 0.05) is 43.8 Å². The largest absolute Gasteiger partial charge is 0.309 e. The average Bonchev–Trinajstić information content (AvgIpc) is 4.00. The normalized spacial score (nSPS) is 14.4. The molecule has 2 aromatic heterocycles. The van der Waals surface area contributed by atoms with Crippen LogP contribution in [0.2, 0.25) is 0 Å². The molecule has 60 heavy (non-hydrogen) atoms. The van der Waals surface area contributed by atoms with Gasteiger partial charge in [-0.2, -0.15) is 0 Å². The topological polar surface area (TPSA) is 9.86 Å². The molecule has 2 nitrogen and oxygen atoms in total. The minimum Gasteiger partial charge on any atom is -0.309 e. The summed E-state index contributed by atoms with van der Waals surface area (Å²) in [5, 5.41) is 5.17. The first-order valence-electron chi connectivity index (χ1n) is 21.1. The van der Waals surface area contributed by atoms with Crippen LogP contribution in [0.3, 0.4) is 0 Å². The van der Waals surface area contributed by atoms with E-state index in [0.29, 0.717) is 0 Å². The van der Waals surface area contributed by atoms with Crippen LogP contribution in [0.4, 0.5) is 0 Å². The summed E-state index contributed by atoms with van der Waals surface area (Å²) < 4.78 is 5.19. The Kier molecular flexibility index (Phi) is 6.74. The highest BCUT2D eigenvalue weighted by molar-refractivity contribution is 6.32. The summed E-state index contributed by atoms with van der Waals surface area (Å²) >= 11 is 0. The van der Waals surface area contributed by atoms with Gasteiger partial charge in [0.05, 0.1) is 33.2 Å². The molecule has 9 aromatic carbocycles. The molecule has 2 heteroatoms. The molecule has 0 aliphatic heterocycles. The predicted molar refractivity (Wildman–Crippen MR) is 250 cm³/mol. The zero-order chi connectivity index (χ0) is 39.7. The van der Waals surface area contributed by atoms with Gasteiger partial charge < -0.3 is 9.13 Å². The molecule has 0 spiro atoms. The van der Waals surface area contributed by atoms with Gasteiger partial charge in [-0.3, -0.25) is 0 Å². The number of aromatic nitrogens is 2. The zero-order valence-electron chi connectivity index (χ0n) is 33.5. The molecular weight excluding hydrogens is 725 g/mol. The van der Waals surface area contributed by atoms with Crippen LogP contribution < -0.4 is 0 Å². The van der Waals surface area contributed by atoms with Crippen LogP contribution in [-0.2, 0) is 10.8 Å². The molecule has 0 atom stereocenters. The summed E-state index contributed by atoms with van der Waals surface area (Å²) in [6.07, 6.45) is 0. The third-order valence-electron chi connectivity index (χ3n) is 13.9. The van der Waals surface area contributed by atoms with Crippen LogP contribution in [0.1, 0.15) is 47.2 Å². The first kappa shape index (κ1) is 33.5. The lowest BCUT2D eigenvalue weighted by Gasteiger charge is -2.34. The maximum atomic E-state index is 2.65. The molecule has 13 rings (SSSR count). The van der Waals surface area contributed by atoms with Crippen molar-refractivity contribution in [2.45, 2.75) is 24.7 Å². The fourth-order valence-electron chi connectivity index (χ4n) is 11.7. The van der Waals surface area contributed by atoms with E-state index in [-0.39, 0.29) is 5.41 Å². The Morgan fingerprint density at radius 1 is 0.367 bits per heavy atom. The lowest BCUT2D eigenvalue weighted by atomic mass is 9.68. The molecule has 2 heterocycles. The minimum atomic E-state index is -0.507. The van der Waals surface area contributed by atoms with E-state index in [9.17, 15) is 0 Å². The van der Waals surface area contributed by atoms with Gasteiger partial charge in [-0.1, -0.05) is 190 Å². The van der Waals surface area contributed by atoms with Gasteiger partial charge in [-0.15, -0.1) is 0 Å². The highest BCUT2D eigenvalue weighted by Crippen LogP contribution is 2.61. The second kappa shape index (κ2) is 12.1. The second-order valence-electron chi connectivity index (χ2n) is 17.1. The van der Waals surface area contributed by atoms with Crippen LogP contribution in [0.25, 0.3) is 77.2 Å². The zero-order valence-corrected chi connectivity index (χ0v) is 33.5. The Hall–Kier alpha value is -7.42. The lowest BCUT2D eigenvalue weighted by molar-refractivity contribution is 0.667. The van der Waals surface area contributed by atoms with Gasteiger partial charge in [-0.25, -0.2) is 0 Å². The van der Waals surface area contributed by atoms with Crippen molar-refractivity contribution < 1.29 is 0 Å². The monoisotopic (exact) mass is 764 g/mol. The predicted octanol–water partition coefficient (Wildman–Crippen LogP) is 14.6. The van der Waals surface area contributed by atoms with Crippen LogP contribution in [0.5, 0.6) is 0 Å². The molecule has 2 aliphatic carbocycles. The molecular formula is C58H40N2. The average molecular weight is 765 g/mol. The van der Waals surface area contributed by atoms with E-state index in [1.165, 1.54) is 111 Å². The van der Waals surface area contributed by atoms with Crippen molar-refractivity contribution in [1.29, 1.82) is 0 Å². The van der Waals surface area contributed by atoms with Crippen molar-refractivity contribution >= 4 is 43.6 Å². The molecule has 0 amide bonds. The molecule has 0 unspecified atom stereocenters. The maximum Gasteiger partial charge on any atom is 0.0714 e. The van der Waals surface area contributed by atoms with Gasteiger partial charge in [0.2, 0.25) is 0 Å². The molecule has 0 N–H and O–H groups in total. The van der Waals surface area contributed by atoms with E-state index >= 15 is 0 Å². The summed E-state index contributed by atoms with van der Waals surface area (Å²) in [6, 6.07) is 76.9. The summed E-state index contributed by atoms with van der Waals surface area (Å²) in [4.78, 5) is 0. The summed E-state index contributed by atoms with van der Waals surface area (Å²) in [6.45, 7) is 4.88. The van der Waals surface area contributed by atoms with E-state index in [0.717, 1.165) is 0 Å². The smallest absolute Gasteiger partial charge is 0.0714 e. The lowest BCUT2D eigenvalue weighted by Crippen LogP contribution is -2.28. The molecule has 0 bridgehead atoms. The number of rotatable bonds is 4. The summed E-state index contributed by atoms with van der Waals surface area (Å²) in [7, 11) is 0. The number of hydrogen-bond acceptors (Lipinski definition) is 0. The molecule has 0 radical (unpaired) electrons. The van der Waals surface area contributed by atoms with Crippen molar-refractivity contribution in [2.24, 2.45) is 0 Å². The fraction of sp³-hybridized carbons (Fsp3) is 0.0690. The number of para-hydroxylation sites is 3. The Balaban J connectivity index is 1.28. The SMILES string of the molecule is CC1(C)c2ccccc2-c2c1c1c3ccccc3n(-c3ccccc3)c1c1c3ccccc3n(-c3cccc4c3-c3ccccc3C4(c3ccccc3)c3ccccc3)c21. The van der Waals surface area contributed by atoms with E-state index in [2.05, 4.69) is 229 Å². The highest BCUT2D eigenvalue weighted by Gasteiger charge is 2.48. The van der Waals surface area contributed by atoms with Gasteiger partial charge in [0.1, 0.15) is 0 Å². The van der Waals surface area contributed by atoms with Crippen LogP contribution >= 0.6 is 0 Å². The Morgan fingerprint density at radius 2 is 0.867 bits per heavy atom. The van der Waals surface area contributed by atoms with Crippen molar-refractivity contribution in [3.63, 3.8) is 0 Å². The second-order valence-corrected chi connectivity index (χ2v) is 17.1. The molecule has 11 aromatic rings. The van der Waals surface area contributed by atoms with Crippen molar-refractivity contribution in [1.82, 2.24) is 9.13 Å². The molecule has 282 valence electrons. The summed E-state index contributed by atoms with van der Waals surface area (Å²) in [5.41, 5.74) is 19.7. The van der Waals surface area contributed by atoms with Gasteiger partial charge in [0.25, 0.3) is 0 Å². The minimum absolute atomic E-state index is 0.258. The third-order valence-corrected chi connectivity index (χ3v) is 13.9. The first-order valence-corrected chi connectivity index (χ1v) is 21.1. The van der Waals surface area contributed by atoms with Crippen LogP contribution in [0.15, 0.2) is 206 Å². The number of hydrogen-bond donors (Lipinski definition) is 0. The maximum absolute atomic E-state index is 2.65. The standard InChI is InChI=1S/C58H40N2/c1-57(2)44-31-16-12-27-40(44)51-54(57)52-42-29-14-18-34-47(42)59(39-25-10-5-11-26-39)55(52)53-43-30-15-19-35-48(43)60(56(51)53)49-36-20-33-46-50(49)41-28-13-17-32-45(41)58(46,37-21-6-3-7-22-37)38-23-8-4-9-24-38/h3-36H,1-2H3. The van der Waals surface area contributed by atoms with E-state index in [1.807, 2.05) is 0 Å². The fourth-order valence-corrected chi connectivity index (χ4v) is 11.7. The van der Waals surface area contributed by atoms with Crippen molar-refractivity contribution in [3.8, 4) is 33.6 Å². The molecule has 0 fully saturated rings. The Labute approximate surface area is 349 Å². The van der Waals surface area contributed by atoms with E-state index < -0.39 is 5.41 Å². The van der Waals surface area contributed by atoms with Gasteiger partial charge in [-0.05, 0) is 74.8 Å². The van der Waals surface area contributed by atoms with Crippen LogP contribution in [-0.4, -0.2) is 9.13 Å². The van der Waals surface area contributed by atoms with Crippen LogP contribution in [0, 0.1) is 0 Å². The van der Waals surface area contributed by atoms with Gasteiger partial charge >= 0.3 is 0 Å². The number of benzene rings is 9. The van der Waals surface area contributed by atoms with Gasteiger partial charge in [0.15, 0.2) is 0 Å².